The fraction of sp³-hybridized carbons (Fsp3) is 0.158. The number of ether oxygens (including phenoxy) is 1. The number of imide groups is 1. The highest BCUT2D eigenvalue weighted by molar-refractivity contribution is 6.34. The first-order valence-corrected chi connectivity index (χ1v) is 8.96. The lowest BCUT2D eigenvalue weighted by atomic mass is 10.1. The second-order valence-corrected chi connectivity index (χ2v) is 6.69. The van der Waals surface area contributed by atoms with Gasteiger partial charge in [-0.05, 0) is 25.1 Å². The van der Waals surface area contributed by atoms with E-state index in [0.29, 0.717) is 0 Å². The molecule has 30 heavy (non-hydrogen) atoms. The van der Waals surface area contributed by atoms with E-state index in [1.165, 1.54) is 25.1 Å². The Morgan fingerprint density at radius 1 is 1.17 bits per heavy atom. The molecule has 0 radical (unpaired) electrons. The van der Waals surface area contributed by atoms with Crippen LogP contribution in [0.25, 0.3) is 0 Å². The maximum atomic E-state index is 12.3. The molecule has 0 fully saturated rings. The Labute approximate surface area is 174 Å². The Balaban J connectivity index is 1.60. The summed E-state index contributed by atoms with van der Waals surface area (Å²) in [7, 11) is 0. The summed E-state index contributed by atoms with van der Waals surface area (Å²) in [6, 6.07) is 9.61. The van der Waals surface area contributed by atoms with Crippen molar-refractivity contribution < 1.29 is 28.8 Å². The largest absolute Gasteiger partial charge is 0.451 e. The summed E-state index contributed by atoms with van der Waals surface area (Å²) < 4.78 is 5.00. The summed E-state index contributed by atoms with van der Waals surface area (Å²) in [6.45, 7) is 0.636. The predicted molar refractivity (Wildman–Crippen MR) is 104 cm³/mol. The summed E-state index contributed by atoms with van der Waals surface area (Å²) in [5.41, 5.74) is 0.219. The van der Waals surface area contributed by atoms with E-state index in [1.54, 1.807) is 12.1 Å². The maximum Gasteiger partial charge on any atom is 0.326 e. The number of nitro groups is 1. The molecule has 1 N–H and O–H groups in total. The number of fused-ring (bicyclic) bond motifs is 1. The zero-order valence-electron chi connectivity index (χ0n) is 15.5. The van der Waals surface area contributed by atoms with E-state index >= 15 is 0 Å². The number of halogens is 1. The molecule has 1 aliphatic rings. The lowest BCUT2D eigenvalue weighted by Crippen LogP contribution is -2.38. The van der Waals surface area contributed by atoms with Crippen LogP contribution in [-0.4, -0.2) is 46.2 Å². The molecule has 0 aliphatic carbocycles. The normalized spacial score (nSPS) is 13.6. The van der Waals surface area contributed by atoms with Gasteiger partial charge in [-0.2, -0.15) is 0 Å². The molecule has 0 saturated carbocycles. The van der Waals surface area contributed by atoms with Crippen molar-refractivity contribution >= 4 is 46.7 Å². The quantitative estimate of drug-likeness (QED) is 0.321. The van der Waals surface area contributed by atoms with Gasteiger partial charge in [-0.15, -0.1) is 0 Å². The van der Waals surface area contributed by atoms with Crippen molar-refractivity contribution in [2.75, 3.05) is 11.9 Å². The number of carbonyl (C=O) groups is 4. The number of benzene rings is 2. The van der Waals surface area contributed by atoms with Crippen molar-refractivity contribution in [2.45, 2.75) is 13.0 Å². The molecule has 0 saturated heterocycles. The zero-order chi connectivity index (χ0) is 22.0. The van der Waals surface area contributed by atoms with Gasteiger partial charge in [0.1, 0.15) is 6.54 Å². The Kier molecular flexibility index (Phi) is 5.79. The number of nitro benzene ring substituents is 1. The molecule has 2 aromatic carbocycles. The van der Waals surface area contributed by atoms with E-state index in [9.17, 15) is 29.3 Å². The third-order valence-corrected chi connectivity index (χ3v) is 4.58. The van der Waals surface area contributed by atoms with Crippen LogP contribution in [0.5, 0.6) is 0 Å². The van der Waals surface area contributed by atoms with Crippen LogP contribution in [0.2, 0.25) is 5.02 Å². The zero-order valence-corrected chi connectivity index (χ0v) is 16.2. The third-order valence-electron chi connectivity index (χ3n) is 4.26. The first kappa shape index (κ1) is 20.9. The van der Waals surface area contributed by atoms with Crippen LogP contribution in [0.3, 0.4) is 0 Å². The van der Waals surface area contributed by atoms with Gasteiger partial charge in [0, 0.05) is 12.1 Å². The Hall–Kier alpha value is -3.79. The Bertz CT molecular complexity index is 1050. The van der Waals surface area contributed by atoms with Gasteiger partial charge in [0.05, 0.1) is 26.8 Å². The first-order valence-electron chi connectivity index (χ1n) is 8.58. The van der Waals surface area contributed by atoms with Crippen LogP contribution in [0.4, 0.5) is 11.4 Å². The SMILES string of the molecule is CC(OC(=O)CN1C(=O)c2ccccc2C1=O)C(=O)Nc1ccc([N+](=O)[O-])cc1Cl. The van der Waals surface area contributed by atoms with Crippen molar-refractivity contribution in [3.05, 3.63) is 68.7 Å². The van der Waals surface area contributed by atoms with Crippen molar-refractivity contribution in [3.63, 3.8) is 0 Å². The minimum atomic E-state index is -1.28. The highest BCUT2D eigenvalue weighted by Crippen LogP contribution is 2.27. The van der Waals surface area contributed by atoms with Crippen molar-refractivity contribution in [3.8, 4) is 0 Å². The van der Waals surface area contributed by atoms with Crippen LogP contribution in [-0.2, 0) is 14.3 Å². The summed E-state index contributed by atoms with van der Waals surface area (Å²) in [5.74, 6) is -2.95. The van der Waals surface area contributed by atoms with Crippen LogP contribution < -0.4 is 5.32 Å². The van der Waals surface area contributed by atoms with E-state index in [4.69, 9.17) is 16.3 Å². The number of rotatable bonds is 6. The number of hydrogen-bond donors (Lipinski definition) is 1. The van der Waals surface area contributed by atoms with Gasteiger partial charge >= 0.3 is 5.97 Å². The van der Waals surface area contributed by atoms with Gasteiger partial charge in [-0.25, -0.2) is 0 Å². The van der Waals surface area contributed by atoms with Crippen molar-refractivity contribution in [2.24, 2.45) is 0 Å². The number of anilines is 1. The molecule has 3 amide bonds. The molecule has 0 aromatic heterocycles. The minimum absolute atomic E-state index is 0.0675. The topological polar surface area (TPSA) is 136 Å². The second-order valence-electron chi connectivity index (χ2n) is 6.28. The van der Waals surface area contributed by atoms with Gasteiger partial charge in [-0.1, -0.05) is 23.7 Å². The Morgan fingerprint density at radius 3 is 2.30 bits per heavy atom. The van der Waals surface area contributed by atoms with Crippen LogP contribution in [0.1, 0.15) is 27.6 Å². The van der Waals surface area contributed by atoms with Crippen LogP contribution in [0.15, 0.2) is 42.5 Å². The van der Waals surface area contributed by atoms with E-state index < -0.39 is 41.3 Å². The highest BCUT2D eigenvalue weighted by Gasteiger charge is 2.37. The molecule has 1 unspecified atom stereocenters. The first-order chi connectivity index (χ1) is 14.2. The summed E-state index contributed by atoms with van der Waals surface area (Å²) in [4.78, 5) is 59.8. The van der Waals surface area contributed by atoms with Gasteiger partial charge in [0.25, 0.3) is 23.4 Å². The van der Waals surface area contributed by atoms with E-state index in [-0.39, 0.29) is 27.5 Å². The molecule has 0 bridgehead atoms. The van der Waals surface area contributed by atoms with Crippen molar-refractivity contribution in [1.82, 2.24) is 4.90 Å². The predicted octanol–water partition coefficient (Wildman–Crippen LogP) is 2.41. The molecular weight excluding hydrogens is 418 g/mol. The molecule has 10 nitrogen and oxygen atoms in total. The monoisotopic (exact) mass is 431 g/mol. The van der Waals surface area contributed by atoms with Gasteiger partial charge in [0.2, 0.25) is 0 Å². The summed E-state index contributed by atoms with van der Waals surface area (Å²) in [5, 5.41) is 13.0. The molecule has 11 heteroatoms. The number of amides is 3. The number of nitrogens with one attached hydrogen (secondary N) is 1. The van der Waals surface area contributed by atoms with Crippen molar-refractivity contribution in [1.29, 1.82) is 0 Å². The third kappa shape index (κ3) is 4.13. The molecule has 1 heterocycles. The average molecular weight is 432 g/mol. The fourth-order valence-corrected chi connectivity index (χ4v) is 2.98. The highest BCUT2D eigenvalue weighted by atomic mass is 35.5. The lowest BCUT2D eigenvalue weighted by molar-refractivity contribution is -0.384. The Morgan fingerprint density at radius 2 is 1.77 bits per heavy atom. The van der Waals surface area contributed by atoms with Crippen LogP contribution >= 0.6 is 11.6 Å². The standard InChI is InChI=1S/C19H14ClN3O7/c1-10(17(25)21-15-7-6-11(23(28)29)8-14(15)20)30-16(24)9-22-18(26)12-4-2-3-5-13(12)19(22)27/h2-8,10H,9H2,1H3,(H,21,25). The number of non-ortho nitro benzene ring substituents is 1. The van der Waals surface area contributed by atoms with E-state index in [1.807, 2.05) is 0 Å². The number of nitrogens with zero attached hydrogens (tertiary/aromatic N) is 2. The molecular formula is C19H14ClN3O7. The van der Waals surface area contributed by atoms with Crippen LogP contribution in [0, 0.1) is 10.1 Å². The summed E-state index contributed by atoms with van der Waals surface area (Å²) in [6.07, 6.45) is -1.28. The fourth-order valence-electron chi connectivity index (χ4n) is 2.75. The lowest BCUT2D eigenvalue weighted by Gasteiger charge is -2.17. The van der Waals surface area contributed by atoms with Gasteiger partial charge in [-0.3, -0.25) is 34.2 Å². The molecule has 154 valence electrons. The number of carbonyl (C=O) groups excluding carboxylic acids is 4. The number of esters is 1. The molecule has 1 atom stereocenters. The molecule has 1 aliphatic heterocycles. The molecule has 2 aromatic rings. The molecule has 3 rings (SSSR count). The summed E-state index contributed by atoms with van der Waals surface area (Å²) >= 11 is 5.91. The minimum Gasteiger partial charge on any atom is -0.451 e. The second kappa shape index (κ2) is 8.29. The smallest absolute Gasteiger partial charge is 0.326 e. The molecule has 0 spiro atoms. The average Bonchev–Trinajstić information content (AvgIpc) is 2.94. The van der Waals surface area contributed by atoms with Gasteiger partial charge < -0.3 is 10.1 Å². The van der Waals surface area contributed by atoms with E-state index in [2.05, 4.69) is 5.32 Å². The maximum absolute atomic E-state index is 12.3. The number of hydrogen-bond acceptors (Lipinski definition) is 7. The van der Waals surface area contributed by atoms with E-state index in [0.717, 1.165) is 17.0 Å². The van der Waals surface area contributed by atoms with Gasteiger partial charge in [0.15, 0.2) is 6.10 Å².